The van der Waals surface area contributed by atoms with Crippen LogP contribution in [0.25, 0.3) is 5.52 Å². The number of aromatic amines is 1. The number of H-pyrrole nitrogens is 1. The van der Waals surface area contributed by atoms with Crippen molar-refractivity contribution in [2.45, 2.75) is 43.9 Å². The first-order chi connectivity index (χ1) is 14.8. The van der Waals surface area contributed by atoms with Gasteiger partial charge >= 0.3 is 6.18 Å². The van der Waals surface area contributed by atoms with Gasteiger partial charge in [-0.15, -0.1) is 0 Å². The molecule has 1 aliphatic carbocycles. The number of alkyl halides is 3. The first kappa shape index (κ1) is 19.7. The molecule has 0 radical (unpaired) electrons. The molecule has 3 aromatic heterocycles. The minimum absolute atomic E-state index is 0.0786. The van der Waals surface area contributed by atoms with Gasteiger partial charge in [-0.3, -0.25) is 14.7 Å². The molecule has 1 aliphatic heterocycles. The molecule has 1 saturated carbocycles. The Labute approximate surface area is 175 Å². The normalized spacial score (nSPS) is 17.8. The monoisotopic (exact) mass is 431 g/mol. The molecule has 0 saturated heterocycles. The van der Waals surface area contributed by atoms with Crippen LogP contribution in [-0.2, 0) is 13.0 Å². The fraction of sp³-hybridized carbons (Fsp3) is 0.381. The molecule has 2 amide bonds. The van der Waals surface area contributed by atoms with Gasteiger partial charge in [-0.2, -0.15) is 18.3 Å². The van der Waals surface area contributed by atoms with Crippen molar-refractivity contribution < 1.29 is 22.8 Å². The predicted molar refractivity (Wildman–Crippen MR) is 105 cm³/mol. The van der Waals surface area contributed by atoms with Gasteiger partial charge in [0.15, 0.2) is 5.69 Å². The minimum atomic E-state index is -4.52. The van der Waals surface area contributed by atoms with Crippen LogP contribution in [0.15, 0.2) is 36.7 Å². The molecule has 162 valence electrons. The van der Waals surface area contributed by atoms with Crippen LogP contribution in [0.2, 0.25) is 0 Å². The Bertz CT molecular complexity index is 1140. The van der Waals surface area contributed by atoms with Crippen LogP contribution in [-0.4, -0.2) is 49.6 Å². The van der Waals surface area contributed by atoms with E-state index in [1.807, 2.05) is 28.8 Å². The molecule has 10 heteroatoms. The van der Waals surface area contributed by atoms with E-state index >= 15 is 0 Å². The first-order valence-electron chi connectivity index (χ1n) is 10.1. The maximum atomic E-state index is 13.4. The van der Waals surface area contributed by atoms with Crippen molar-refractivity contribution in [3.05, 3.63) is 59.2 Å². The van der Waals surface area contributed by atoms with E-state index in [1.54, 1.807) is 17.2 Å². The maximum absolute atomic E-state index is 13.4. The van der Waals surface area contributed by atoms with Crippen LogP contribution in [0.5, 0.6) is 0 Å². The SMILES string of the molecule is O=C(NC1(C(F)(F)F)CCC1)c1n[nH]c2c1CN(C(=O)c1cc3ccccn3c1)CC2. The summed E-state index contributed by atoms with van der Waals surface area (Å²) in [5.74, 6) is -1.06. The average Bonchev–Trinajstić information content (AvgIpc) is 3.32. The number of pyridine rings is 1. The summed E-state index contributed by atoms with van der Waals surface area (Å²) < 4.78 is 42.2. The molecule has 7 nitrogen and oxygen atoms in total. The molecular formula is C21H20F3N5O2. The van der Waals surface area contributed by atoms with E-state index in [2.05, 4.69) is 15.5 Å². The highest BCUT2D eigenvalue weighted by Gasteiger charge is 2.59. The number of carbonyl (C=O) groups excluding carboxylic acids is 2. The molecule has 0 atom stereocenters. The number of halogens is 3. The van der Waals surface area contributed by atoms with E-state index in [4.69, 9.17) is 0 Å². The van der Waals surface area contributed by atoms with Crippen molar-refractivity contribution in [1.82, 2.24) is 24.8 Å². The summed E-state index contributed by atoms with van der Waals surface area (Å²) in [5, 5.41) is 8.89. The largest absolute Gasteiger partial charge is 0.411 e. The fourth-order valence-electron chi connectivity index (χ4n) is 4.30. The Morgan fingerprint density at radius 1 is 1.23 bits per heavy atom. The molecule has 1 fully saturated rings. The second-order valence-electron chi connectivity index (χ2n) is 8.16. The lowest BCUT2D eigenvalue weighted by Crippen LogP contribution is -2.63. The van der Waals surface area contributed by atoms with Crippen molar-refractivity contribution in [3.63, 3.8) is 0 Å². The number of carbonyl (C=O) groups is 2. The van der Waals surface area contributed by atoms with E-state index < -0.39 is 17.6 Å². The lowest BCUT2D eigenvalue weighted by atomic mass is 9.76. The number of rotatable bonds is 3. The Balaban J connectivity index is 1.37. The van der Waals surface area contributed by atoms with Gasteiger partial charge in [-0.25, -0.2) is 0 Å². The third kappa shape index (κ3) is 3.17. The predicted octanol–water partition coefficient (Wildman–Crippen LogP) is 3.08. The highest BCUT2D eigenvalue weighted by atomic mass is 19.4. The quantitative estimate of drug-likeness (QED) is 0.669. The number of fused-ring (bicyclic) bond motifs is 2. The van der Waals surface area contributed by atoms with Gasteiger partial charge in [0.1, 0.15) is 5.54 Å². The summed E-state index contributed by atoms with van der Waals surface area (Å²) in [6, 6.07) is 7.41. The van der Waals surface area contributed by atoms with E-state index in [-0.39, 0.29) is 31.0 Å². The summed E-state index contributed by atoms with van der Waals surface area (Å²) in [6.45, 7) is 0.534. The molecule has 5 rings (SSSR count). The fourth-order valence-corrected chi connectivity index (χ4v) is 4.30. The van der Waals surface area contributed by atoms with Gasteiger partial charge in [-0.05, 0) is 37.5 Å². The van der Waals surface area contributed by atoms with Crippen molar-refractivity contribution in [3.8, 4) is 0 Å². The number of hydrogen-bond donors (Lipinski definition) is 2. The van der Waals surface area contributed by atoms with Crippen molar-refractivity contribution in [2.75, 3.05) is 6.54 Å². The molecule has 4 heterocycles. The van der Waals surface area contributed by atoms with Gasteiger partial charge in [0.05, 0.1) is 12.1 Å². The van der Waals surface area contributed by atoms with Crippen LogP contribution in [0.1, 0.15) is 51.4 Å². The summed E-state index contributed by atoms with van der Waals surface area (Å²) in [7, 11) is 0. The number of hydrogen-bond acceptors (Lipinski definition) is 3. The summed E-state index contributed by atoms with van der Waals surface area (Å²) in [4.78, 5) is 27.3. The summed E-state index contributed by atoms with van der Waals surface area (Å²) >= 11 is 0. The zero-order valence-electron chi connectivity index (χ0n) is 16.5. The van der Waals surface area contributed by atoms with Crippen molar-refractivity contribution in [2.24, 2.45) is 0 Å². The van der Waals surface area contributed by atoms with E-state index in [9.17, 15) is 22.8 Å². The Morgan fingerprint density at radius 3 is 2.71 bits per heavy atom. The van der Waals surface area contributed by atoms with E-state index in [0.717, 1.165) is 5.52 Å². The zero-order chi connectivity index (χ0) is 21.8. The van der Waals surface area contributed by atoms with Crippen molar-refractivity contribution >= 4 is 17.3 Å². The van der Waals surface area contributed by atoms with Crippen LogP contribution in [0.3, 0.4) is 0 Å². The van der Waals surface area contributed by atoms with Crippen LogP contribution in [0.4, 0.5) is 13.2 Å². The molecule has 3 aromatic rings. The lowest BCUT2D eigenvalue weighted by Gasteiger charge is -2.43. The third-order valence-corrected chi connectivity index (χ3v) is 6.29. The topological polar surface area (TPSA) is 82.5 Å². The Hall–Kier alpha value is -3.30. The van der Waals surface area contributed by atoms with Gasteiger partial charge < -0.3 is 14.6 Å². The number of aromatic nitrogens is 3. The van der Waals surface area contributed by atoms with Crippen LogP contribution < -0.4 is 5.32 Å². The Morgan fingerprint density at radius 2 is 2.03 bits per heavy atom. The summed E-state index contributed by atoms with van der Waals surface area (Å²) in [5.41, 5.74) is 0.264. The third-order valence-electron chi connectivity index (χ3n) is 6.29. The van der Waals surface area contributed by atoms with Crippen LogP contribution >= 0.6 is 0 Å². The number of nitrogens with one attached hydrogen (secondary N) is 2. The molecule has 0 bridgehead atoms. The molecule has 2 N–H and O–H groups in total. The molecule has 2 aliphatic rings. The molecule has 31 heavy (non-hydrogen) atoms. The molecule has 0 aromatic carbocycles. The highest BCUT2D eigenvalue weighted by Crippen LogP contribution is 2.45. The number of nitrogens with zero attached hydrogens (tertiary/aromatic N) is 3. The zero-order valence-corrected chi connectivity index (χ0v) is 16.5. The standard InChI is InChI=1S/C21H20F3N5O2/c22-21(23,24)20(6-3-7-20)25-18(30)17-15-12-29(9-5-16(15)26-27-17)19(31)13-10-14-4-1-2-8-28(14)11-13/h1-2,4,8,10-11H,3,5-7,9,12H2,(H,25,30)(H,26,27). The second-order valence-corrected chi connectivity index (χ2v) is 8.16. The smallest absolute Gasteiger partial charge is 0.336 e. The first-order valence-corrected chi connectivity index (χ1v) is 10.1. The minimum Gasteiger partial charge on any atom is -0.336 e. The molecule has 0 unspecified atom stereocenters. The average molecular weight is 431 g/mol. The summed E-state index contributed by atoms with van der Waals surface area (Å²) in [6.07, 6.45) is -0.359. The van der Waals surface area contributed by atoms with E-state index in [1.165, 1.54) is 0 Å². The van der Waals surface area contributed by atoms with Gasteiger partial charge in [0, 0.05) is 42.1 Å². The second kappa shape index (κ2) is 6.86. The highest BCUT2D eigenvalue weighted by molar-refractivity contribution is 5.97. The Kier molecular flexibility index (Phi) is 4.35. The van der Waals surface area contributed by atoms with Crippen molar-refractivity contribution in [1.29, 1.82) is 0 Å². The van der Waals surface area contributed by atoms with E-state index in [0.29, 0.717) is 36.2 Å². The van der Waals surface area contributed by atoms with Gasteiger partial charge in [0.2, 0.25) is 0 Å². The molecular weight excluding hydrogens is 411 g/mol. The van der Waals surface area contributed by atoms with Gasteiger partial charge in [-0.1, -0.05) is 6.07 Å². The number of amides is 2. The van der Waals surface area contributed by atoms with Crippen LogP contribution in [0, 0.1) is 0 Å². The van der Waals surface area contributed by atoms with Gasteiger partial charge in [0.25, 0.3) is 11.8 Å². The lowest BCUT2D eigenvalue weighted by molar-refractivity contribution is -0.215. The molecule has 0 spiro atoms. The maximum Gasteiger partial charge on any atom is 0.411 e.